The van der Waals surface area contributed by atoms with Gasteiger partial charge in [0.25, 0.3) is 0 Å². The van der Waals surface area contributed by atoms with Gasteiger partial charge >= 0.3 is 0 Å². The van der Waals surface area contributed by atoms with E-state index in [0.29, 0.717) is 11.6 Å². The monoisotopic (exact) mass is 195 g/mol. The zero-order valence-electron chi connectivity index (χ0n) is 7.33. The van der Waals surface area contributed by atoms with Crippen molar-refractivity contribution in [1.29, 1.82) is 0 Å². The highest BCUT2D eigenvalue weighted by atomic mass is 35.5. The van der Waals surface area contributed by atoms with Gasteiger partial charge in [0.15, 0.2) is 0 Å². The van der Waals surface area contributed by atoms with Crippen molar-refractivity contribution >= 4 is 24.0 Å². The summed E-state index contributed by atoms with van der Waals surface area (Å²) in [5, 5.41) is 0.491. The lowest BCUT2D eigenvalue weighted by molar-refractivity contribution is -0.107. The van der Waals surface area contributed by atoms with Gasteiger partial charge in [-0.3, -0.25) is 0 Å². The Morgan fingerprint density at radius 1 is 1.54 bits per heavy atom. The van der Waals surface area contributed by atoms with E-state index in [-0.39, 0.29) is 0 Å². The molecule has 1 aromatic rings. The Balaban J connectivity index is 2.83. The Kier molecular flexibility index (Phi) is 3.65. The zero-order chi connectivity index (χ0) is 9.68. The minimum atomic E-state index is 0.433. The van der Waals surface area contributed by atoms with Crippen molar-refractivity contribution in [3.8, 4) is 0 Å². The number of hydrogen-bond donors (Lipinski definition) is 0. The van der Waals surface area contributed by atoms with E-state index in [2.05, 4.69) is 4.98 Å². The van der Waals surface area contributed by atoms with Gasteiger partial charge in [-0.1, -0.05) is 29.8 Å². The summed E-state index contributed by atoms with van der Waals surface area (Å²) in [7, 11) is 0. The minimum absolute atomic E-state index is 0.433. The van der Waals surface area contributed by atoms with Crippen LogP contribution >= 0.6 is 11.6 Å². The summed E-state index contributed by atoms with van der Waals surface area (Å²) >= 11 is 5.69. The quantitative estimate of drug-likeness (QED) is 0.548. The maximum atomic E-state index is 10.0. The third kappa shape index (κ3) is 2.99. The van der Waals surface area contributed by atoms with Crippen LogP contribution in [0, 0.1) is 6.92 Å². The van der Waals surface area contributed by atoms with Crippen molar-refractivity contribution in [3.63, 3.8) is 0 Å². The fourth-order valence-electron chi connectivity index (χ4n) is 0.968. The molecule has 0 aliphatic heterocycles. The van der Waals surface area contributed by atoms with Crippen LogP contribution in [0.3, 0.4) is 0 Å². The highest BCUT2D eigenvalue weighted by Gasteiger charge is 1.95. The molecule has 0 atom stereocenters. The first-order chi connectivity index (χ1) is 6.24. The number of carbonyl (C=O) groups excluding carboxylic acids is 1. The van der Waals surface area contributed by atoms with E-state index in [0.717, 1.165) is 17.5 Å². The third-order valence-electron chi connectivity index (χ3n) is 1.62. The van der Waals surface area contributed by atoms with E-state index in [1.165, 1.54) is 0 Å². The molecule has 1 heterocycles. The number of aldehydes is 1. The van der Waals surface area contributed by atoms with Gasteiger partial charge in [-0.2, -0.15) is 0 Å². The maximum absolute atomic E-state index is 10.0. The summed E-state index contributed by atoms with van der Waals surface area (Å²) in [5.41, 5.74) is 1.86. The molecule has 0 saturated heterocycles. The van der Waals surface area contributed by atoms with Crippen LogP contribution in [0.1, 0.15) is 17.7 Å². The highest BCUT2D eigenvalue weighted by molar-refractivity contribution is 6.29. The van der Waals surface area contributed by atoms with Gasteiger partial charge in [0, 0.05) is 12.1 Å². The van der Waals surface area contributed by atoms with E-state index in [1.54, 1.807) is 12.1 Å². The molecule has 0 radical (unpaired) electrons. The average Bonchev–Trinajstić information content (AvgIpc) is 2.09. The van der Waals surface area contributed by atoms with Crippen LogP contribution in [0.2, 0.25) is 5.15 Å². The van der Waals surface area contributed by atoms with Gasteiger partial charge in [-0.05, 0) is 18.6 Å². The molecule has 2 nitrogen and oxygen atoms in total. The van der Waals surface area contributed by atoms with Gasteiger partial charge < -0.3 is 4.79 Å². The van der Waals surface area contributed by atoms with Gasteiger partial charge in [0.1, 0.15) is 11.4 Å². The largest absolute Gasteiger partial charge is 0.303 e. The summed E-state index contributed by atoms with van der Waals surface area (Å²) in [4.78, 5) is 14.1. The van der Waals surface area contributed by atoms with Crippen molar-refractivity contribution in [2.24, 2.45) is 0 Å². The summed E-state index contributed by atoms with van der Waals surface area (Å²) in [6, 6.07) is 3.61. The Morgan fingerprint density at radius 3 is 2.92 bits per heavy atom. The Labute approximate surface area is 82.3 Å². The molecule has 0 aliphatic rings. The van der Waals surface area contributed by atoms with Crippen molar-refractivity contribution in [3.05, 3.63) is 34.6 Å². The number of aryl methyl sites for hydroxylation is 1. The van der Waals surface area contributed by atoms with Crippen molar-refractivity contribution in [1.82, 2.24) is 4.98 Å². The summed E-state index contributed by atoms with van der Waals surface area (Å²) < 4.78 is 0. The zero-order valence-corrected chi connectivity index (χ0v) is 8.08. The van der Waals surface area contributed by atoms with Gasteiger partial charge in [0.05, 0.1) is 0 Å². The lowest BCUT2D eigenvalue weighted by Gasteiger charge is -1.98. The predicted octanol–water partition coefficient (Wildman–Crippen LogP) is 2.65. The maximum Gasteiger partial charge on any atom is 0.129 e. The van der Waals surface area contributed by atoms with Crippen LogP contribution in [0.25, 0.3) is 6.08 Å². The number of pyridine rings is 1. The molecule has 0 aliphatic carbocycles. The SMILES string of the molecule is Cc1nc(Cl)ccc1C=CCC=O. The molecule has 0 unspecified atom stereocenters. The first-order valence-corrected chi connectivity index (χ1v) is 4.35. The van der Waals surface area contributed by atoms with E-state index >= 15 is 0 Å². The second-order valence-corrected chi connectivity index (χ2v) is 3.00. The number of rotatable bonds is 3. The Morgan fingerprint density at radius 2 is 2.31 bits per heavy atom. The van der Waals surface area contributed by atoms with E-state index < -0.39 is 0 Å². The second-order valence-electron chi connectivity index (χ2n) is 2.61. The normalized spacial score (nSPS) is 10.6. The highest BCUT2D eigenvalue weighted by Crippen LogP contribution is 2.12. The van der Waals surface area contributed by atoms with E-state index in [9.17, 15) is 4.79 Å². The van der Waals surface area contributed by atoms with Gasteiger partial charge in [0.2, 0.25) is 0 Å². The fraction of sp³-hybridized carbons (Fsp3) is 0.200. The summed E-state index contributed by atoms with van der Waals surface area (Å²) in [6.45, 7) is 1.88. The molecule has 0 N–H and O–H groups in total. The van der Waals surface area contributed by atoms with E-state index in [4.69, 9.17) is 11.6 Å². The number of hydrogen-bond acceptors (Lipinski definition) is 2. The second kappa shape index (κ2) is 4.77. The predicted molar refractivity (Wildman–Crippen MR) is 53.7 cm³/mol. The van der Waals surface area contributed by atoms with Gasteiger partial charge in [-0.15, -0.1) is 0 Å². The molecule has 0 aromatic carbocycles. The molecule has 68 valence electrons. The van der Waals surface area contributed by atoms with Crippen LogP contribution < -0.4 is 0 Å². The van der Waals surface area contributed by atoms with Crippen molar-refractivity contribution < 1.29 is 4.79 Å². The average molecular weight is 196 g/mol. The molecule has 1 aromatic heterocycles. The first-order valence-electron chi connectivity index (χ1n) is 3.97. The lowest BCUT2D eigenvalue weighted by atomic mass is 10.2. The number of allylic oxidation sites excluding steroid dienone is 1. The smallest absolute Gasteiger partial charge is 0.129 e. The molecular weight excluding hydrogens is 186 g/mol. The molecule has 3 heteroatoms. The minimum Gasteiger partial charge on any atom is -0.303 e. The molecule has 0 bridgehead atoms. The van der Waals surface area contributed by atoms with Crippen LogP contribution in [0.15, 0.2) is 18.2 Å². The summed E-state index contributed by atoms with van der Waals surface area (Å²) in [6.07, 6.45) is 4.95. The van der Waals surface area contributed by atoms with E-state index in [1.807, 2.05) is 19.1 Å². The molecule has 13 heavy (non-hydrogen) atoms. The fourth-order valence-corrected chi connectivity index (χ4v) is 1.16. The molecule has 0 saturated carbocycles. The molecule has 0 amide bonds. The van der Waals surface area contributed by atoms with Gasteiger partial charge in [-0.25, -0.2) is 4.98 Å². The molecule has 1 rings (SSSR count). The number of nitrogens with zero attached hydrogens (tertiary/aromatic N) is 1. The first kappa shape index (κ1) is 9.93. The molecule has 0 fully saturated rings. The number of aromatic nitrogens is 1. The molecule has 0 spiro atoms. The standard InChI is InChI=1S/C10H10ClNO/c1-8-9(4-2-3-7-13)5-6-10(11)12-8/h2,4-7H,3H2,1H3. The summed E-state index contributed by atoms with van der Waals surface area (Å²) in [5.74, 6) is 0. The van der Waals surface area contributed by atoms with Crippen LogP contribution in [-0.4, -0.2) is 11.3 Å². The Hall–Kier alpha value is -1.15. The Bertz CT molecular complexity index is 334. The number of halogens is 1. The van der Waals surface area contributed by atoms with Crippen molar-refractivity contribution in [2.45, 2.75) is 13.3 Å². The van der Waals surface area contributed by atoms with Crippen LogP contribution in [-0.2, 0) is 4.79 Å². The lowest BCUT2D eigenvalue weighted by Crippen LogP contribution is -1.85. The van der Waals surface area contributed by atoms with Crippen LogP contribution in [0.5, 0.6) is 0 Å². The third-order valence-corrected chi connectivity index (χ3v) is 1.83. The number of carbonyl (C=O) groups is 1. The van der Waals surface area contributed by atoms with Crippen LogP contribution in [0.4, 0.5) is 0 Å². The topological polar surface area (TPSA) is 30.0 Å². The van der Waals surface area contributed by atoms with Crippen molar-refractivity contribution in [2.75, 3.05) is 0 Å². The molecular formula is C10H10ClNO.